The van der Waals surface area contributed by atoms with E-state index in [4.69, 9.17) is 4.74 Å². The van der Waals surface area contributed by atoms with Crippen molar-refractivity contribution in [2.24, 2.45) is 0 Å². The lowest BCUT2D eigenvalue weighted by atomic mass is 10.0. The lowest BCUT2D eigenvalue weighted by molar-refractivity contribution is -0.164. The molecule has 0 spiro atoms. The van der Waals surface area contributed by atoms with Crippen LogP contribution in [-0.4, -0.2) is 23.1 Å². The van der Waals surface area contributed by atoms with Crippen LogP contribution in [0.15, 0.2) is 24.3 Å². The molecule has 0 saturated carbocycles. The number of carbonyl (C=O) groups is 2. The number of allylic oxidation sites excluding steroid dienone is 4. The van der Waals surface area contributed by atoms with Crippen molar-refractivity contribution in [3.05, 3.63) is 24.3 Å². The maximum Gasteiger partial charge on any atom is 0.345 e. The summed E-state index contributed by atoms with van der Waals surface area (Å²) in [5.41, 5.74) is 0. The van der Waals surface area contributed by atoms with Crippen molar-refractivity contribution in [3.8, 4) is 0 Å². The van der Waals surface area contributed by atoms with Crippen LogP contribution in [0.4, 0.5) is 0 Å². The molecule has 0 aliphatic heterocycles. The molecule has 1 N–H and O–H groups in total. The quantitative estimate of drug-likeness (QED) is 0.0400. The number of rotatable bonds is 39. The molecule has 0 aromatic carbocycles. The van der Waals surface area contributed by atoms with Gasteiger partial charge in [-0.1, -0.05) is 205 Å². The maximum absolute atomic E-state index is 12.2. The zero-order chi connectivity index (χ0) is 35.0. The van der Waals surface area contributed by atoms with Gasteiger partial charge in [0.25, 0.3) is 0 Å². The fraction of sp³-hybridized carbons (Fsp3) is 0.864. The lowest BCUT2D eigenvalue weighted by Crippen LogP contribution is -2.27. The summed E-state index contributed by atoms with van der Waals surface area (Å²) in [4.78, 5) is 23.8. The average molecular weight is 675 g/mol. The molecule has 0 radical (unpaired) electrons. The van der Waals surface area contributed by atoms with Gasteiger partial charge in [-0.2, -0.15) is 0 Å². The molecule has 0 aliphatic carbocycles. The van der Waals surface area contributed by atoms with Crippen LogP contribution in [0, 0.1) is 0 Å². The lowest BCUT2D eigenvalue weighted by Gasteiger charge is -2.13. The molecule has 1 unspecified atom stereocenters. The number of aliphatic carboxylic acids is 1. The number of hydrogen-bond acceptors (Lipinski definition) is 3. The highest BCUT2D eigenvalue weighted by atomic mass is 16.6. The Kier molecular flexibility index (Phi) is 38.5. The van der Waals surface area contributed by atoms with E-state index in [9.17, 15) is 14.7 Å². The van der Waals surface area contributed by atoms with E-state index in [1.54, 1.807) is 0 Å². The van der Waals surface area contributed by atoms with Gasteiger partial charge in [0, 0.05) is 6.42 Å². The zero-order valence-corrected chi connectivity index (χ0v) is 32.3. The third-order valence-electron chi connectivity index (χ3n) is 9.70. The molecule has 0 amide bonds. The zero-order valence-electron chi connectivity index (χ0n) is 32.3. The van der Waals surface area contributed by atoms with Crippen LogP contribution >= 0.6 is 0 Å². The van der Waals surface area contributed by atoms with E-state index in [0.717, 1.165) is 44.9 Å². The van der Waals surface area contributed by atoms with Gasteiger partial charge in [-0.25, -0.2) is 4.79 Å². The van der Waals surface area contributed by atoms with Crippen LogP contribution in [0.1, 0.15) is 239 Å². The number of carbonyl (C=O) groups excluding carboxylic acids is 1. The number of ether oxygens (including phenoxy) is 1. The molecule has 4 nitrogen and oxygen atoms in total. The molecular weight excluding hydrogens is 592 g/mol. The van der Waals surface area contributed by atoms with Gasteiger partial charge in [-0.15, -0.1) is 0 Å². The van der Waals surface area contributed by atoms with E-state index < -0.39 is 12.1 Å². The number of carboxylic acid groups (broad SMARTS) is 1. The van der Waals surface area contributed by atoms with Gasteiger partial charge in [-0.05, 0) is 51.4 Å². The Bertz CT molecular complexity index is 727. The summed E-state index contributed by atoms with van der Waals surface area (Å²) < 4.78 is 5.33. The van der Waals surface area contributed by atoms with Crippen molar-refractivity contribution >= 4 is 11.9 Å². The summed E-state index contributed by atoms with van der Waals surface area (Å²) in [5.74, 6) is -1.35. The first-order chi connectivity index (χ1) is 23.6. The number of hydrogen-bond donors (Lipinski definition) is 1. The normalized spacial score (nSPS) is 12.4. The minimum absolute atomic E-state index is 0.334. The molecule has 0 rings (SSSR count). The van der Waals surface area contributed by atoms with E-state index in [0.29, 0.717) is 12.8 Å². The largest absolute Gasteiger partial charge is 0.479 e. The summed E-state index contributed by atoms with van der Waals surface area (Å²) >= 11 is 0. The number of esters is 1. The number of carboxylic acids is 1. The molecule has 0 aromatic heterocycles. The van der Waals surface area contributed by atoms with Gasteiger partial charge in [-0.3, -0.25) is 4.79 Å². The van der Waals surface area contributed by atoms with Gasteiger partial charge < -0.3 is 9.84 Å². The van der Waals surface area contributed by atoms with Crippen molar-refractivity contribution in [3.63, 3.8) is 0 Å². The summed E-state index contributed by atoms with van der Waals surface area (Å²) in [7, 11) is 0. The Hall–Kier alpha value is -1.58. The minimum atomic E-state index is -1.00. The summed E-state index contributed by atoms with van der Waals surface area (Å²) in [5, 5.41) is 9.52. The van der Waals surface area contributed by atoms with Crippen LogP contribution in [0.25, 0.3) is 0 Å². The second kappa shape index (κ2) is 39.9. The highest BCUT2D eigenvalue weighted by molar-refractivity contribution is 5.77. The van der Waals surface area contributed by atoms with Crippen molar-refractivity contribution in [1.82, 2.24) is 0 Å². The maximum atomic E-state index is 12.2. The Labute approximate surface area is 299 Å². The van der Waals surface area contributed by atoms with E-state index in [1.807, 2.05) is 0 Å². The Balaban J connectivity index is 3.52. The topological polar surface area (TPSA) is 63.6 Å². The van der Waals surface area contributed by atoms with Crippen LogP contribution < -0.4 is 0 Å². The second-order valence-corrected chi connectivity index (χ2v) is 14.5. The van der Waals surface area contributed by atoms with Crippen LogP contribution in [0.5, 0.6) is 0 Å². The Morgan fingerprint density at radius 1 is 0.458 bits per heavy atom. The Morgan fingerprint density at radius 2 is 0.792 bits per heavy atom. The molecule has 0 heterocycles. The first-order valence-electron chi connectivity index (χ1n) is 21.3. The predicted octanol–water partition coefficient (Wildman–Crippen LogP) is 14.8. The first-order valence-corrected chi connectivity index (χ1v) is 21.3. The van der Waals surface area contributed by atoms with E-state index >= 15 is 0 Å². The Morgan fingerprint density at radius 3 is 1.21 bits per heavy atom. The highest BCUT2D eigenvalue weighted by Crippen LogP contribution is 2.17. The highest BCUT2D eigenvalue weighted by Gasteiger charge is 2.21. The van der Waals surface area contributed by atoms with Crippen molar-refractivity contribution in [2.45, 2.75) is 245 Å². The molecule has 4 heteroatoms. The van der Waals surface area contributed by atoms with Crippen LogP contribution in [0.2, 0.25) is 0 Å². The molecule has 1 atom stereocenters. The average Bonchev–Trinajstić information content (AvgIpc) is 3.08. The smallest absolute Gasteiger partial charge is 0.345 e. The summed E-state index contributed by atoms with van der Waals surface area (Å²) in [6.45, 7) is 4.53. The van der Waals surface area contributed by atoms with Crippen LogP contribution in [-0.2, 0) is 14.3 Å². The standard InChI is InChI=1S/C44H82O4/c1-3-5-7-9-11-13-15-17-19-21-22-23-25-26-28-30-32-34-36-38-40-42(44(46)47)48-43(45)41-39-37-35-33-31-29-27-24-20-18-16-14-12-10-8-6-4-2/h12,14,18,20,42H,3-11,13,15-17,19,21-41H2,1-2H3,(H,46,47)/b14-12-,20-18-. The number of unbranched alkanes of at least 4 members (excludes halogenated alkanes) is 29. The fourth-order valence-corrected chi connectivity index (χ4v) is 6.47. The van der Waals surface area contributed by atoms with E-state index in [2.05, 4.69) is 38.2 Å². The second-order valence-electron chi connectivity index (χ2n) is 14.5. The van der Waals surface area contributed by atoms with Gasteiger partial charge >= 0.3 is 11.9 Å². The first kappa shape index (κ1) is 46.4. The van der Waals surface area contributed by atoms with E-state index in [1.165, 1.54) is 167 Å². The molecule has 48 heavy (non-hydrogen) atoms. The third-order valence-corrected chi connectivity index (χ3v) is 9.70. The van der Waals surface area contributed by atoms with Crippen LogP contribution in [0.3, 0.4) is 0 Å². The third kappa shape index (κ3) is 37.2. The summed E-state index contributed by atoms with van der Waals surface area (Å²) in [6, 6.07) is 0. The van der Waals surface area contributed by atoms with Gasteiger partial charge in [0.05, 0.1) is 0 Å². The molecule has 0 bridgehead atoms. The molecular formula is C44H82O4. The molecule has 0 saturated heterocycles. The summed E-state index contributed by atoms with van der Waals surface area (Å²) in [6.07, 6.45) is 50.8. The van der Waals surface area contributed by atoms with Crippen molar-refractivity contribution < 1.29 is 19.4 Å². The van der Waals surface area contributed by atoms with Gasteiger partial charge in [0.1, 0.15) is 0 Å². The SMILES string of the molecule is CCCCC/C=C\C/C=C\CCCCCCCCCC(=O)OC(CCCCCCCCCCCCCCCCCCCCCC)C(=O)O. The van der Waals surface area contributed by atoms with Crippen molar-refractivity contribution in [1.29, 1.82) is 0 Å². The van der Waals surface area contributed by atoms with Crippen molar-refractivity contribution in [2.75, 3.05) is 0 Å². The van der Waals surface area contributed by atoms with E-state index in [-0.39, 0.29) is 5.97 Å². The monoisotopic (exact) mass is 675 g/mol. The predicted molar refractivity (Wildman–Crippen MR) is 209 cm³/mol. The molecule has 0 fully saturated rings. The minimum Gasteiger partial charge on any atom is -0.479 e. The van der Waals surface area contributed by atoms with Gasteiger partial charge in [0.15, 0.2) is 6.10 Å². The van der Waals surface area contributed by atoms with Gasteiger partial charge in [0.2, 0.25) is 0 Å². The molecule has 282 valence electrons. The molecule has 0 aliphatic rings. The molecule has 0 aromatic rings. The fourth-order valence-electron chi connectivity index (χ4n) is 6.47.